The number of allylic oxidation sites excluding steroid dienone is 1. The second kappa shape index (κ2) is 3.49. The smallest absolute Gasteiger partial charge is 0.00260 e. The van der Waals surface area contributed by atoms with E-state index in [-0.39, 0.29) is 0 Å². The molecule has 0 aliphatic heterocycles. The molecule has 5 rings (SSSR count). The zero-order valence-electron chi connectivity index (χ0n) is 10.9. The van der Waals surface area contributed by atoms with Crippen molar-refractivity contribution in [1.29, 1.82) is 0 Å². The molecule has 20 heavy (non-hydrogen) atoms. The van der Waals surface area contributed by atoms with Gasteiger partial charge in [0.25, 0.3) is 0 Å². The molecule has 0 bridgehead atoms. The monoisotopic (exact) mass is 252 g/mol. The van der Waals surface area contributed by atoms with Crippen LogP contribution in [0.15, 0.2) is 60.7 Å². The molecule has 0 atom stereocenters. The average molecular weight is 252 g/mol. The maximum absolute atomic E-state index is 2.34. The predicted octanol–water partition coefficient (Wildman–Crippen LogP) is 4.67. The van der Waals surface area contributed by atoms with Gasteiger partial charge >= 0.3 is 0 Å². The lowest BCUT2D eigenvalue weighted by Gasteiger charge is -2.11. The maximum atomic E-state index is 2.34. The zero-order valence-corrected chi connectivity index (χ0v) is 10.9. The van der Waals surface area contributed by atoms with Crippen molar-refractivity contribution in [3.8, 4) is 0 Å². The van der Waals surface area contributed by atoms with Gasteiger partial charge in [0, 0.05) is 0 Å². The molecule has 4 aromatic carbocycles. The van der Waals surface area contributed by atoms with Gasteiger partial charge in [-0.25, -0.2) is 0 Å². The fourth-order valence-corrected chi connectivity index (χ4v) is 3.50. The number of fused-ring (bicyclic) bond motifs is 4. The normalized spacial score (nSPS) is 13.2. The van der Waals surface area contributed by atoms with Crippen LogP contribution in [0.4, 0.5) is 0 Å². The fourth-order valence-electron chi connectivity index (χ4n) is 3.50. The standard InChI is InChI=1S/C20H12/c1-2-8-16-14(5-1)12-19-17-9-3-6-13(17)11-15-7-4-10-18(16)20(15)19/h1-12H. The van der Waals surface area contributed by atoms with Gasteiger partial charge in [0.15, 0.2) is 0 Å². The molecule has 0 spiro atoms. The Bertz CT molecular complexity index is 1080. The van der Waals surface area contributed by atoms with E-state index in [9.17, 15) is 0 Å². The van der Waals surface area contributed by atoms with Gasteiger partial charge in [-0.2, -0.15) is 0 Å². The molecule has 0 fully saturated rings. The van der Waals surface area contributed by atoms with E-state index in [1.807, 2.05) is 0 Å². The Morgan fingerprint density at radius 3 is 2.50 bits per heavy atom. The predicted molar refractivity (Wildman–Crippen MR) is 87.7 cm³/mol. The van der Waals surface area contributed by atoms with Crippen LogP contribution >= 0.6 is 0 Å². The summed E-state index contributed by atoms with van der Waals surface area (Å²) in [7, 11) is 0. The summed E-state index contributed by atoms with van der Waals surface area (Å²) in [6.45, 7) is 0. The van der Waals surface area contributed by atoms with E-state index in [0.717, 1.165) is 0 Å². The Morgan fingerprint density at radius 1 is 0.650 bits per heavy atom. The molecule has 0 nitrogen and oxygen atoms in total. The first kappa shape index (κ1) is 10.2. The highest BCUT2D eigenvalue weighted by molar-refractivity contribution is 6.22. The van der Waals surface area contributed by atoms with Crippen molar-refractivity contribution >= 4 is 44.5 Å². The Kier molecular flexibility index (Phi) is 1.78. The van der Waals surface area contributed by atoms with Crippen molar-refractivity contribution in [3.63, 3.8) is 0 Å². The maximum Gasteiger partial charge on any atom is -0.00260 e. The Balaban J connectivity index is 2.22. The molecule has 0 heterocycles. The molecular weight excluding hydrogens is 240 g/mol. The SMILES string of the molecule is C1=Cc2cc3cccc4c5ccccc5cc(c2=C1)c34. The van der Waals surface area contributed by atoms with E-state index >= 15 is 0 Å². The van der Waals surface area contributed by atoms with Crippen molar-refractivity contribution in [3.05, 3.63) is 71.5 Å². The Morgan fingerprint density at radius 2 is 1.50 bits per heavy atom. The topological polar surface area (TPSA) is 0 Å². The average Bonchev–Trinajstić information content (AvgIpc) is 2.96. The van der Waals surface area contributed by atoms with Gasteiger partial charge in [-0.3, -0.25) is 0 Å². The van der Waals surface area contributed by atoms with Crippen molar-refractivity contribution < 1.29 is 0 Å². The van der Waals surface area contributed by atoms with Crippen LogP contribution in [0, 0.1) is 0 Å². The summed E-state index contributed by atoms with van der Waals surface area (Å²) in [5.41, 5.74) is 1.33. The van der Waals surface area contributed by atoms with Crippen LogP contribution in [0.5, 0.6) is 0 Å². The summed E-state index contributed by atoms with van der Waals surface area (Å²) in [5, 5.41) is 9.49. The number of benzene rings is 4. The third kappa shape index (κ3) is 1.16. The minimum absolute atomic E-state index is 1.32. The Labute approximate surface area is 116 Å². The molecule has 0 N–H and O–H groups in total. The first-order valence-electron chi connectivity index (χ1n) is 6.97. The van der Waals surface area contributed by atoms with Crippen LogP contribution in [0.2, 0.25) is 0 Å². The molecule has 0 radical (unpaired) electrons. The van der Waals surface area contributed by atoms with Crippen LogP contribution in [0.1, 0.15) is 5.56 Å². The molecule has 1 aliphatic rings. The van der Waals surface area contributed by atoms with E-state index in [2.05, 4.69) is 72.8 Å². The van der Waals surface area contributed by atoms with Crippen molar-refractivity contribution in [2.24, 2.45) is 0 Å². The van der Waals surface area contributed by atoms with Gasteiger partial charge in [-0.1, -0.05) is 60.7 Å². The van der Waals surface area contributed by atoms with E-state index in [0.29, 0.717) is 0 Å². The summed E-state index contributed by atoms with van der Waals surface area (Å²) in [6, 6.07) is 19.9. The molecule has 1 aliphatic carbocycles. The third-order valence-electron chi connectivity index (χ3n) is 4.37. The van der Waals surface area contributed by atoms with E-state index in [1.54, 1.807) is 0 Å². The van der Waals surface area contributed by atoms with Crippen LogP contribution in [0.25, 0.3) is 44.5 Å². The fraction of sp³-hybridized carbons (Fsp3) is 0. The highest BCUT2D eigenvalue weighted by atomic mass is 14.1. The summed E-state index contributed by atoms with van der Waals surface area (Å²) < 4.78 is 0. The third-order valence-corrected chi connectivity index (χ3v) is 4.37. The minimum atomic E-state index is 1.32. The first-order chi connectivity index (χ1) is 9.92. The van der Waals surface area contributed by atoms with Crippen molar-refractivity contribution in [1.82, 2.24) is 0 Å². The molecule has 0 saturated carbocycles. The first-order valence-corrected chi connectivity index (χ1v) is 6.97. The van der Waals surface area contributed by atoms with Crippen LogP contribution in [-0.4, -0.2) is 0 Å². The number of hydrogen-bond donors (Lipinski definition) is 0. The van der Waals surface area contributed by atoms with Gasteiger partial charge < -0.3 is 0 Å². The molecule has 4 aromatic rings. The van der Waals surface area contributed by atoms with Crippen molar-refractivity contribution in [2.45, 2.75) is 0 Å². The molecule has 0 heteroatoms. The van der Waals surface area contributed by atoms with Crippen molar-refractivity contribution in [2.75, 3.05) is 0 Å². The minimum Gasteiger partial charge on any atom is -0.0616 e. The highest BCUT2D eigenvalue weighted by Crippen LogP contribution is 2.33. The molecule has 0 unspecified atom stereocenters. The number of hydrogen-bond acceptors (Lipinski definition) is 0. The lowest BCUT2D eigenvalue weighted by atomic mass is 9.93. The van der Waals surface area contributed by atoms with Gasteiger partial charge in [-0.05, 0) is 55.2 Å². The van der Waals surface area contributed by atoms with E-state index in [4.69, 9.17) is 0 Å². The summed E-state index contributed by atoms with van der Waals surface area (Å²) in [5.74, 6) is 0. The van der Waals surface area contributed by atoms with Crippen LogP contribution in [0.3, 0.4) is 0 Å². The van der Waals surface area contributed by atoms with E-state index < -0.39 is 0 Å². The Hall–Kier alpha value is -2.60. The summed E-state index contributed by atoms with van der Waals surface area (Å²) in [6.07, 6.45) is 6.58. The second-order valence-electron chi connectivity index (χ2n) is 5.45. The second-order valence-corrected chi connectivity index (χ2v) is 5.45. The quantitative estimate of drug-likeness (QED) is 0.315. The summed E-state index contributed by atoms with van der Waals surface area (Å²) >= 11 is 0. The molecule has 0 aromatic heterocycles. The summed E-state index contributed by atoms with van der Waals surface area (Å²) in [4.78, 5) is 0. The van der Waals surface area contributed by atoms with Gasteiger partial charge in [-0.15, -0.1) is 0 Å². The molecule has 0 amide bonds. The van der Waals surface area contributed by atoms with Gasteiger partial charge in [0.05, 0.1) is 0 Å². The molecular formula is C20H12. The molecule has 0 saturated heterocycles. The molecule has 92 valence electrons. The van der Waals surface area contributed by atoms with Crippen LogP contribution in [-0.2, 0) is 0 Å². The lowest BCUT2D eigenvalue weighted by molar-refractivity contribution is 1.69. The van der Waals surface area contributed by atoms with Gasteiger partial charge in [0.1, 0.15) is 0 Å². The highest BCUT2D eigenvalue weighted by Gasteiger charge is 2.10. The lowest BCUT2D eigenvalue weighted by Crippen LogP contribution is -2.04. The van der Waals surface area contributed by atoms with Crippen LogP contribution < -0.4 is 5.22 Å². The largest absolute Gasteiger partial charge is 0.0616 e. The zero-order chi connectivity index (χ0) is 13.1. The van der Waals surface area contributed by atoms with Gasteiger partial charge in [0.2, 0.25) is 0 Å². The van der Waals surface area contributed by atoms with E-state index in [1.165, 1.54) is 43.1 Å². The number of rotatable bonds is 0.